The van der Waals surface area contributed by atoms with E-state index >= 15 is 0 Å². The number of aryl methyl sites for hydroxylation is 2. The second-order valence-electron chi connectivity index (χ2n) is 4.59. The predicted octanol–water partition coefficient (Wildman–Crippen LogP) is 5.48. The Kier molecular flexibility index (Phi) is 5.07. The van der Waals surface area contributed by atoms with E-state index in [4.69, 9.17) is 11.6 Å². The molecule has 0 radical (unpaired) electrons. The Balaban J connectivity index is 2.48. The third-order valence-corrected chi connectivity index (χ3v) is 5.78. The van der Waals surface area contributed by atoms with Gasteiger partial charge in [0.1, 0.15) is 0 Å². The van der Waals surface area contributed by atoms with Crippen LogP contribution in [-0.2, 0) is 0 Å². The van der Waals surface area contributed by atoms with E-state index in [1.54, 1.807) is 11.3 Å². The first kappa shape index (κ1) is 15.0. The molecule has 0 aliphatic heterocycles. The van der Waals surface area contributed by atoms with Crippen LogP contribution in [-0.4, -0.2) is 6.54 Å². The van der Waals surface area contributed by atoms with Crippen LogP contribution in [0.4, 0.5) is 0 Å². The first-order chi connectivity index (χ1) is 9.04. The van der Waals surface area contributed by atoms with Crippen molar-refractivity contribution in [2.75, 3.05) is 6.54 Å². The summed E-state index contributed by atoms with van der Waals surface area (Å²) in [5.74, 6) is 0. The SMILES string of the molecule is CCNC(c1cc(C)c(Br)c(C)c1)c1sccc1Cl. The Bertz CT molecular complexity index is 556. The van der Waals surface area contributed by atoms with Crippen LogP contribution in [0, 0.1) is 13.8 Å². The van der Waals surface area contributed by atoms with Gasteiger partial charge >= 0.3 is 0 Å². The summed E-state index contributed by atoms with van der Waals surface area (Å²) < 4.78 is 1.18. The van der Waals surface area contributed by atoms with Crippen molar-refractivity contribution in [3.05, 3.63) is 54.6 Å². The molecule has 0 aliphatic carbocycles. The first-order valence-corrected chi connectivity index (χ1v) is 8.32. The fraction of sp³-hybridized carbons (Fsp3) is 0.333. The van der Waals surface area contributed by atoms with E-state index in [-0.39, 0.29) is 6.04 Å². The van der Waals surface area contributed by atoms with Crippen LogP contribution in [0.5, 0.6) is 0 Å². The molecule has 0 aliphatic rings. The maximum atomic E-state index is 6.29. The molecule has 0 spiro atoms. The Morgan fingerprint density at radius 2 is 1.95 bits per heavy atom. The van der Waals surface area contributed by atoms with Crippen LogP contribution in [0.15, 0.2) is 28.1 Å². The van der Waals surface area contributed by atoms with E-state index < -0.39 is 0 Å². The summed E-state index contributed by atoms with van der Waals surface area (Å²) >= 11 is 11.6. The van der Waals surface area contributed by atoms with Crippen molar-refractivity contribution in [2.45, 2.75) is 26.8 Å². The maximum Gasteiger partial charge on any atom is 0.0686 e. The van der Waals surface area contributed by atoms with Crippen molar-refractivity contribution in [2.24, 2.45) is 0 Å². The summed E-state index contributed by atoms with van der Waals surface area (Å²) in [4.78, 5) is 1.18. The number of benzene rings is 1. The topological polar surface area (TPSA) is 12.0 Å². The minimum atomic E-state index is 0.169. The Hall–Kier alpha value is -0.350. The summed E-state index contributed by atoms with van der Waals surface area (Å²) in [6, 6.07) is 6.58. The molecule has 19 heavy (non-hydrogen) atoms. The van der Waals surface area contributed by atoms with Crippen LogP contribution < -0.4 is 5.32 Å². The Labute approximate surface area is 132 Å². The van der Waals surface area contributed by atoms with Crippen molar-refractivity contribution >= 4 is 38.9 Å². The second-order valence-corrected chi connectivity index (χ2v) is 6.74. The zero-order chi connectivity index (χ0) is 14.0. The molecule has 2 rings (SSSR count). The van der Waals surface area contributed by atoms with Gasteiger partial charge in [0.05, 0.1) is 11.1 Å². The van der Waals surface area contributed by atoms with Gasteiger partial charge in [0.2, 0.25) is 0 Å². The number of hydrogen-bond acceptors (Lipinski definition) is 2. The van der Waals surface area contributed by atoms with Crippen LogP contribution in [0.1, 0.15) is 34.5 Å². The first-order valence-electron chi connectivity index (χ1n) is 6.27. The molecule has 1 N–H and O–H groups in total. The standard InChI is InChI=1S/C15H17BrClNS/c1-4-18-14(15-12(17)5-6-19-15)11-7-9(2)13(16)10(3)8-11/h5-8,14,18H,4H2,1-3H3. The van der Waals surface area contributed by atoms with Gasteiger partial charge in [-0.15, -0.1) is 11.3 Å². The molecule has 4 heteroatoms. The van der Waals surface area contributed by atoms with E-state index in [2.05, 4.69) is 54.2 Å². The normalized spacial score (nSPS) is 12.7. The van der Waals surface area contributed by atoms with E-state index in [9.17, 15) is 0 Å². The van der Waals surface area contributed by atoms with Gasteiger partial charge in [-0.25, -0.2) is 0 Å². The lowest BCUT2D eigenvalue weighted by atomic mass is 10.00. The average molecular weight is 359 g/mol. The number of halogens is 2. The molecule has 102 valence electrons. The lowest BCUT2D eigenvalue weighted by Gasteiger charge is -2.19. The van der Waals surface area contributed by atoms with E-state index in [1.165, 1.54) is 26.0 Å². The summed E-state index contributed by atoms with van der Waals surface area (Å²) in [7, 11) is 0. The highest BCUT2D eigenvalue weighted by molar-refractivity contribution is 9.10. The zero-order valence-electron chi connectivity index (χ0n) is 11.3. The smallest absolute Gasteiger partial charge is 0.0686 e. The molecule has 0 bridgehead atoms. The third kappa shape index (κ3) is 3.22. The van der Waals surface area contributed by atoms with Gasteiger partial charge < -0.3 is 5.32 Å². The molecule has 0 amide bonds. The van der Waals surface area contributed by atoms with Gasteiger partial charge in [0.25, 0.3) is 0 Å². The van der Waals surface area contributed by atoms with Crippen LogP contribution >= 0.6 is 38.9 Å². The van der Waals surface area contributed by atoms with Crippen molar-refractivity contribution in [1.82, 2.24) is 5.32 Å². The third-order valence-electron chi connectivity index (χ3n) is 3.11. The number of nitrogens with one attached hydrogen (secondary N) is 1. The van der Waals surface area contributed by atoms with Gasteiger partial charge in [-0.05, 0) is 48.5 Å². The molecule has 0 saturated heterocycles. The molecule has 1 aromatic carbocycles. The second kappa shape index (κ2) is 6.40. The Morgan fingerprint density at radius 1 is 1.32 bits per heavy atom. The Morgan fingerprint density at radius 3 is 2.42 bits per heavy atom. The largest absolute Gasteiger partial charge is 0.306 e. The zero-order valence-corrected chi connectivity index (χ0v) is 14.4. The molecule has 0 fully saturated rings. The van der Waals surface area contributed by atoms with E-state index in [0.29, 0.717) is 0 Å². The fourth-order valence-corrected chi connectivity index (χ4v) is 3.72. The highest BCUT2D eigenvalue weighted by Gasteiger charge is 2.18. The van der Waals surface area contributed by atoms with Crippen molar-refractivity contribution in [3.8, 4) is 0 Å². The van der Waals surface area contributed by atoms with Gasteiger partial charge in [0, 0.05) is 9.35 Å². The number of thiophene rings is 1. The highest BCUT2D eigenvalue weighted by atomic mass is 79.9. The quantitative estimate of drug-likeness (QED) is 0.763. The number of hydrogen-bond donors (Lipinski definition) is 1. The van der Waals surface area contributed by atoms with Gasteiger partial charge in [-0.2, -0.15) is 0 Å². The lowest BCUT2D eigenvalue weighted by molar-refractivity contribution is 0.639. The molecule has 0 saturated carbocycles. The molecule has 1 aromatic heterocycles. The van der Waals surface area contributed by atoms with E-state index in [1.807, 2.05) is 11.4 Å². The summed E-state index contributed by atoms with van der Waals surface area (Å²) in [5.41, 5.74) is 3.78. The molecular weight excluding hydrogens is 342 g/mol. The van der Waals surface area contributed by atoms with Crippen molar-refractivity contribution < 1.29 is 0 Å². The van der Waals surface area contributed by atoms with E-state index in [0.717, 1.165) is 11.6 Å². The molecule has 2 aromatic rings. The minimum Gasteiger partial charge on any atom is -0.306 e. The molecular formula is C15H17BrClNS. The predicted molar refractivity (Wildman–Crippen MR) is 88.5 cm³/mol. The lowest BCUT2D eigenvalue weighted by Crippen LogP contribution is -2.21. The number of rotatable bonds is 4. The van der Waals surface area contributed by atoms with Crippen LogP contribution in [0.2, 0.25) is 5.02 Å². The summed E-state index contributed by atoms with van der Waals surface area (Å²) in [6.07, 6.45) is 0. The van der Waals surface area contributed by atoms with Crippen LogP contribution in [0.25, 0.3) is 0 Å². The fourth-order valence-electron chi connectivity index (χ4n) is 2.22. The molecule has 1 nitrogen and oxygen atoms in total. The van der Waals surface area contributed by atoms with Gasteiger partial charge in [-0.3, -0.25) is 0 Å². The highest BCUT2D eigenvalue weighted by Crippen LogP contribution is 2.35. The maximum absolute atomic E-state index is 6.29. The summed E-state index contributed by atoms with van der Waals surface area (Å²) in [6.45, 7) is 7.28. The van der Waals surface area contributed by atoms with Gasteiger partial charge in [0.15, 0.2) is 0 Å². The average Bonchev–Trinajstić information content (AvgIpc) is 2.78. The van der Waals surface area contributed by atoms with Crippen LogP contribution in [0.3, 0.4) is 0 Å². The summed E-state index contributed by atoms with van der Waals surface area (Å²) in [5, 5.41) is 6.41. The minimum absolute atomic E-state index is 0.169. The van der Waals surface area contributed by atoms with Crippen molar-refractivity contribution in [1.29, 1.82) is 0 Å². The molecule has 1 unspecified atom stereocenters. The monoisotopic (exact) mass is 357 g/mol. The van der Waals surface area contributed by atoms with Gasteiger partial charge in [-0.1, -0.05) is 46.6 Å². The molecule has 1 atom stereocenters. The van der Waals surface area contributed by atoms with Crippen molar-refractivity contribution in [3.63, 3.8) is 0 Å². The molecule has 1 heterocycles.